The molecule has 0 fully saturated rings. The number of hydrogen-bond acceptors (Lipinski definition) is 4. The Balaban J connectivity index is 1.52. The van der Waals surface area contributed by atoms with Crippen LogP contribution in [-0.2, 0) is 6.42 Å². The second-order valence-corrected chi connectivity index (χ2v) is 9.23. The highest BCUT2D eigenvalue weighted by Crippen LogP contribution is 2.30. The number of nitrogens with one attached hydrogen (secondary N) is 2. The highest BCUT2D eigenvalue weighted by atomic mass is 35.5. The number of H-pyrrole nitrogens is 1. The Morgan fingerprint density at radius 1 is 1.11 bits per heavy atom. The van der Waals surface area contributed by atoms with Crippen molar-refractivity contribution >= 4 is 39.3 Å². The average Bonchev–Trinajstić information content (AvgIpc) is 3.31. The first-order valence-corrected chi connectivity index (χ1v) is 12.1. The Morgan fingerprint density at radius 2 is 1.94 bits per heavy atom. The van der Waals surface area contributed by atoms with E-state index >= 15 is 0 Å². The summed E-state index contributed by atoms with van der Waals surface area (Å²) >= 11 is 6.22. The molecule has 0 radical (unpaired) electrons. The van der Waals surface area contributed by atoms with E-state index in [1.807, 2.05) is 73.8 Å². The summed E-state index contributed by atoms with van der Waals surface area (Å²) in [5, 5.41) is 15.5. The zero-order chi connectivity index (χ0) is 25.2. The van der Waals surface area contributed by atoms with Gasteiger partial charge in [-0.2, -0.15) is 0 Å². The van der Waals surface area contributed by atoms with E-state index in [0.29, 0.717) is 39.4 Å². The summed E-state index contributed by atoms with van der Waals surface area (Å²) in [6.07, 6.45) is 2.41. The molecule has 2 aromatic heterocycles. The molecule has 3 aromatic carbocycles. The van der Waals surface area contributed by atoms with Crippen LogP contribution in [0.5, 0.6) is 5.75 Å². The van der Waals surface area contributed by atoms with Crippen molar-refractivity contribution in [3.8, 4) is 17.0 Å². The van der Waals surface area contributed by atoms with Crippen molar-refractivity contribution in [1.29, 1.82) is 0 Å². The minimum absolute atomic E-state index is 0.194. The van der Waals surface area contributed by atoms with Gasteiger partial charge >= 0.3 is 0 Å². The third kappa shape index (κ3) is 4.65. The fourth-order valence-electron chi connectivity index (χ4n) is 4.46. The maximum absolute atomic E-state index is 13.6. The Kier molecular flexibility index (Phi) is 6.63. The average molecular weight is 500 g/mol. The zero-order valence-electron chi connectivity index (χ0n) is 20.0. The van der Waals surface area contributed by atoms with Gasteiger partial charge in [0.1, 0.15) is 5.75 Å². The van der Waals surface area contributed by atoms with Crippen LogP contribution in [0.25, 0.3) is 33.1 Å². The zero-order valence-corrected chi connectivity index (χ0v) is 20.8. The topological polar surface area (TPSA) is 87.2 Å². The van der Waals surface area contributed by atoms with Crippen molar-refractivity contribution in [2.24, 2.45) is 0 Å². The molecule has 0 saturated heterocycles. The summed E-state index contributed by atoms with van der Waals surface area (Å²) in [5.41, 5.74) is 5.63. The van der Waals surface area contributed by atoms with Crippen LogP contribution in [0.3, 0.4) is 0 Å². The Bertz CT molecular complexity index is 1580. The van der Waals surface area contributed by atoms with Gasteiger partial charge in [0.05, 0.1) is 36.5 Å². The molecule has 0 aliphatic rings. The number of aliphatic hydroxyl groups is 1. The molecule has 5 rings (SSSR count). The number of ether oxygens (including phenoxy) is 1. The molecule has 5 aromatic rings. The number of amides is 1. The predicted octanol–water partition coefficient (Wildman–Crippen LogP) is 5.69. The van der Waals surface area contributed by atoms with Crippen molar-refractivity contribution < 1.29 is 14.6 Å². The second-order valence-electron chi connectivity index (χ2n) is 8.82. The van der Waals surface area contributed by atoms with Crippen LogP contribution in [0.4, 0.5) is 0 Å². The van der Waals surface area contributed by atoms with E-state index in [0.717, 1.165) is 27.6 Å². The van der Waals surface area contributed by atoms with Gasteiger partial charge in [-0.1, -0.05) is 35.9 Å². The number of halogens is 1. The summed E-state index contributed by atoms with van der Waals surface area (Å²) < 4.78 is 5.40. The Hall–Kier alpha value is -3.87. The van der Waals surface area contributed by atoms with Crippen molar-refractivity contribution in [3.05, 3.63) is 94.6 Å². The minimum Gasteiger partial charge on any atom is -0.497 e. The van der Waals surface area contributed by atoms with Gasteiger partial charge in [0.2, 0.25) is 0 Å². The summed E-state index contributed by atoms with van der Waals surface area (Å²) in [4.78, 5) is 21.6. The third-order valence-corrected chi connectivity index (χ3v) is 6.84. The predicted molar refractivity (Wildman–Crippen MR) is 144 cm³/mol. The van der Waals surface area contributed by atoms with E-state index < -0.39 is 6.04 Å². The lowest BCUT2D eigenvalue weighted by Gasteiger charge is -2.18. The van der Waals surface area contributed by atoms with Crippen LogP contribution in [0.2, 0.25) is 5.02 Å². The van der Waals surface area contributed by atoms with Gasteiger partial charge in [-0.25, -0.2) is 4.98 Å². The number of aromatic amines is 1. The molecule has 36 heavy (non-hydrogen) atoms. The molecule has 0 aliphatic carbocycles. The van der Waals surface area contributed by atoms with E-state index in [-0.39, 0.29) is 12.5 Å². The van der Waals surface area contributed by atoms with Crippen LogP contribution in [0.1, 0.15) is 21.5 Å². The molecule has 0 aliphatic heterocycles. The molecule has 0 saturated carbocycles. The number of pyridine rings is 1. The summed E-state index contributed by atoms with van der Waals surface area (Å²) in [5.74, 6) is 0.340. The smallest absolute Gasteiger partial charge is 0.252 e. The molecule has 1 atom stereocenters. The fourth-order valence-corrected chi connectivity index (χ4v) is 4.58. The van der Waals surface area contributed by atoms with Crippen LogP contribution in [-0.4, -0.2) is 40.7 Å². The van der Waals surface area contributed by atoms with Crippen molar-refractivity contribution in [3.63, 3.8) is 0 Å². The van der Waals surface area contributed by atoms with E-state index in [9.17, 15) is 9.90 Å². The number of fused-ring (bicyclic) bond motifs is 2. The van der Waals surface area contributed by atoms with E-state index in [1.54, 1.807) is 13.2 Å². The molecule has 6 nitrogen and oxygen atoms in total. The normalized spacial score (nSPS) is 12.1. The molecule has 0 spiro atoms. The molecule has 1 amide bonds. The quantitative estimate of drug-likeness (QED) is 0.268. The Labute approximate surface area is 213 Å². The largest absolute Gasteiger partial charge is 0.497 e. The highest BCUT2D eigenvalue weighted by Gasteiger charge is 2.20. The van der Waals surface area contributed by atoms with Crippen LogP contribution < -0.4 is 10.1 Å². The standard InChI is InChI=1S/C29H26ClN3O3/c1-17-11-18(7-9-25(17)30)28-14-24(23-13-21(36-2)8-10-27(23)33-28)29(35)32-20(16-34)12-19-15-31-26-6-4-3-5-22(19)26/h3-11,13-15,20,31,34H,12,16H2,1-2H3,(H,32,35)/t20-/m1/s1. The number of aliphatic hydroxyl groups excluding tert-OH is 1. The number of hydrogen-bond donors (Lipinski definition) is 3. The van der Waals surface area contributed by atoms with Crippen molar-refractivity contribution in [2.45, 2.75) is 19.4 Å². The summed E-state index contributed by atoms with van der Waals surface area (Å²) in [6.45, 7) is 1.74. The van der Waals surface area contributed by atoms with Gasteiger partial charge in [-0.3, -0.25) is 4.79 Å². The fraction of sp³-hybridized carbons (Fsp3) is 0.172. The van der Waals surface area contributed by atoms with Gasteiger partial charge in [0, 0.05) is 33.1 Å². The molecule has 0 bridgehead atoms. The maximum atomic E-state index is 13.6. The molecule has 0 unspecified atom stereocenters. The van der Waals surface area contributed by atoms with E-state index in [4.69, 9.17) is 21.3 Å². The first-order chi connectivity index (χ1) is 17.5. The highest BCUT2D eigenvalue weighted by molar-refractivity contribution is 6.31. The lowest BCUT2D eigenvalue weighted by atomic mass is 10.0. The number of methoxy groups -OCH3 is 1. The summed E-state index contributed by atoms with van der Waals surface area (Å²) in [7, 11) is 1.59. The SMILES string of the molecule is COc1ccc2nc(-c3ccc(Cl)c(C)c3)cc(C(=O)N[C@@H](CO)Cc3c[nH]c4ccccc34)c2c1. The van der Waals surface area contributed by atoms with Gasteiger partial charge in [0.15, 0.2) is 0 Å². The number of para-hydroxylation sites is 1. The number of aryl methyl sites for hydroxylation is 1. The van der Waals surface area contributed by atoms with Crippen molar-refractivity contribution in [2.75, 3.05) is 13.7 Å². The monoisotopic (exact) mass is 499 g/mol. The van der Waals surface area contributed by atoms with Crippen LogP contribution in [0, 0.1) is 6.92 Å². The first-order valence-electron chi connectivity index (χ1n) is 11.7. The Morgan fingerprint density at radius 3 is 2.72 bits per heavy atom. The third-order valence-electron chi connectivity index (χ3n) is 6.41. The number of carbonyl (C=O) groups is 1. The van der Waals surface area contributed by atoms with Crippen molar-refractivity contribution in [1.82, 2.24) is 15.3 Å². The molecular formula is C29H26ClN3O3. The molecule has 182 valence electrons. The van der Waals surface area contributed by atoms with Crippen LogP contribution >= 0.6 is 11.6 Å². The maximum Gasteiger partial charge on any atom is 0.252 e. The molecular weight excluding hydrogens is 474 g/mol. The number of rotatable bonds is 7. The minimum atomic E-state index is -0.466. The molecule has 7 heteroatoms. The number of benzene rings is 3. The van der Waals surface area contributed by atoms with Gasteiger partial charge in [-0.05, 0) is 66.9 Å². The van der Waals surface area contributed by atoms with Gasteiger partial charge in [-0.15, -0.1) is 0 Å². The molecule has 3 N–H and O–H groups in total. The number of carbonyl (C=O) groups excluding carboxylic acids is 1. The van der Waals surface area contributed by atoms with Gasteiger partial charge in [0.25, 0.3) is 5.91 Å². The first kappa shape index (κ1) is 23.9. The van der Waals surface area contributed by atoms with E-state index in [1.165, 1.54) is 0 Å². The summed E-state index contributed by atoms with van der Waals surface area (Å²) in [6, 6.07) is 20.4. The van der Waals surface area contributed by atoms with E-state index in [2.05, 4.69) is 10.3 Å². The molecule has 2 heterocycles. The van der Waals surface area contributed by atoms with Crippen LogP contribution in [0.15, 0.2) is 72.9 Å². The number of nitrogens with zero attached hydrogens (tertiary/aromatic N) is 1. The lowest BCUT2D eigenvalue weighted by molar-refractivity contribution is 0.0918. The number of aromatic nitrogens is 2. The second kappa shape index (κ2) is 10.0. The lowest BCUT2D eigenvalue weighted by Crippen LogP contribution is -2.39. The van der Waals surface area contributed by atoms with Gasteiger partial charge < -0.3 is 20.1 Å².